The van der Waals surface area contributed by atoms with Crippen LogP contribution in [0.4, 0.5) is 5.69 Å². The van der Waals surface area contributed by atoms with Gasteiger partial charge in [-0.05, 0) is 58.4 Å². The van der Waals surface area contributed by atoms with Crippen molar-refractivity contribution in [3.63, 3.8) is 0 Å². The van der Waals surface area contributed by atoms with Crippen molar-refractivity contribution in [3.8, 4) is 11.5 Å². The van der Waals surface area contributed by atoms with Crippen LogP contribution < -0.4 is 14.5 Å². The molecule has 6 heteroatoms. The molecule has 4 nitrogen and oxygen atoms in total. The van der Waals surface area contributed by atoms with Gasteiger partial charge in [0.15, 0.2) is 0 Å². The summed E-state index contributed by atoms with van der Waals surface area (Å²) in [6.45, 7) is 0. The largest absolute Gasteiger partial charge is 0.496 e. The Hall–Kier alpha value is -2.57. The molecule has 1 heterocycles. The molecule has 0 aromatic heterocycles. The first-order chi connectivity index (χ1) is 15.1. The molecule has 1 aliphatic heterocycles. The van der Waals surface area contributed by atoms with Crippen molar-refractivity contribution in [1.29, 1.82) is 0 Å². The molecular weight excluding hydrogens is 520 g/mol. The molecule has 1 aliphatic rings. The lowest BCUT2D eigenvalue weighted by molar-refractivity contribution is 0.405. The van der Waals surface area contributed by atoms with Crippen LogP contribution in [0.3, 0.4) is 0 Å². The smallest absolute Gasteiger partial charge is 0.126 e. The lowest BCUT2D eigenvalue weighted by Crippen LogP contribution is -2.19. The second kappa shape index (κ2) is 9.71. The number of methoxy groups -OCH3 is 2. The molecule has 0 N–H and O–H groups in total. The van der Waals surface area contributed by atoms with E-state index < -0.39 is 0 Å². The van der Waals surface area contributed by atoms with Crippen molar-refractivity contribution < 1.29 is 9.47 Å². The molecule has 0 bridgehead atoms. The number of hydrazone groups is 1. The van der Waals surface area contributed by atoms with Gasteiger partial charge in [-0.15, -0.1) is 0 Å². The van der Waals surface area contributed by atoms with Gasteiger partial charge in [-0.3, -0.25) is 5.01 Å². The van der Waals surface area contributed by atoms with Crippen LogP contribution in [-0.4, -0.2) is 19.9 Å². The Morgan fingerprint density at radius 1 is 0.903 bits per heavy atom. The molecular formula is C25H22Br2N2O2. The Morgan fingerprint density at radius 2 is 1.61 bits per heavy atom. The molecule has 3 aromatic carbocycles. The van der Waals surface area contributed by atoms with Gasteiger partial charge in [0.25, 0.3) is 0 Å². The SMILES string of the molecule is COc1ccccc1/C=C/C1=NN(c2ccc(Br)cc2Br)[C@H](c2ccccc2OC)C1. The maximum atomic E-state index is 5.65. The highest BCUT2D eigenvalue weighted by Gasteiger charge is 2.31. The predicted molar refractivity (Wildman–Crippen MR) is 134 cm³/mol. The standard InChI is InChI=1S/C25H22Br2N2O2/c1-30-24-9-5-3-7-17(24)11-13-19-16-23(20-8-4-6-10-25(20)31-2)29(28-19)22-14-12-18(26)15-21(22)27/h3-15,23H,16H2,1-2H3/b13-11+/t23-/m0/s1. The Balaban J connectivity index is 1.73. The summed E-state index contributed by atoms with van der Waals surface area (Å²) in [7, 11) is 3.39. The molecule has 0 radical (unpaired) electrons. The Bertz CT molecular complexity index is 1140. The quantitative estimate of drug-likeness (QED) is 0.329. The van der Waals surface area contributed by atoms with Crippen molar-refractivity contribution in [1.82, 2.24) is 0 Å². The van der Waals surface area contributed by atoms with Gasteiger partial charge in [0.1, 0.15) is 11.5 Å². The van der Waals surface area contributed by atoms with Gasteiger partial charge >= 0.3 is 0 Å². The first-order valence-corrected chi connectivity index (χ1v) is 11.4. The summed E-state index contributed by atoms with van der Waals surface area (Å²) in [6, 6.07) is 22.2. The zero-order chi connectivity index (χ0) is 21.8. The minimum Gasteiger partial charge on any atom is -0.496 e. The molecule has 0 saturated carbocycles. The van der Waals surface area contributed by atoms with E-state index in [0.29, 0.717) is 0 Å². The minimum atomic E-state index is 0.0194. The number of halogens is 2. The average Bonchev–Trinajstić information content (AvgIpc) is 3.21. The number of hydrogen-bond donors (Lipinski definition) is 0. The first-order valence-electron chi connectivity index (χ1n) is 9.86. The predicted octanol–water partition coefficient (Wildman–Crippen LogP) is 7.25. The van der Waals surface area contributed by atoms with Crippen LogP contribution in [0.25, 0.3) is 6.08 Å². The molecule has 0 amide bonds. The van der Waals surface area contributed by atoms with Crippen molar-refractivity contribution in [2.24, 2.45) is 5.10 Å². The highest BCUT2D eigenvalue weighted by atomic mass is 79.9. The summed E-state index contributed by atoms with van der Waals surface area (Å²) in [4.78, 5) is 0. The van der Waals surface area contributed by atoms with E-state index in [1.807, 2.05) is 54.6 Å². The second-order valence-electron chi connectivity index (χ2n) is 7.07. The number of ether oxygens (including phenoxy) is 2. The van der Waals surface area contributed by atoms with Crippen LogP contribution in [0.5, 0.6) is 11.5 Å². The van der Waals surface area contributed by atoms with Gasteiger partial charge in [-0.2, -0.15) is 5.10 Å². The molecule has 31 heavy (non-hydrogen) atoms. The van der Waals surface area contributed by atoms with E-state index in [4.69, 9.17) is 14.6 Å². The molecule has 0 saturated heterocycles. The number of nitrogens with zero attached hydrogens (tertiary/aromatic N) is 2. The Morgan fingerprint density at radius 3 is 2.35 bits per heavy atom. The lowest BCUT2D eigenvalue weighted by Gasteiger charge is -2.26. The topological polar surface area (TPSA) is 34.1 Å². The summed E-state index contributed by atoms with van der Waals surface area (Å²) < 4.78 is 13.1. The average molecular weight is 542 g/mol. The molecule has 3 aromatic rings. The summed E-state index contributed by atoms with van der Waals surface area (Å²) in [5, 5.41) is 7.04. The summed E-state index contributed by atoms with van der Waals surface area (Å²) in [5.41, 5.74) is 4.10. The number of anilines is 1. The van der Waals surface area contributed by atoms with Gasteiger partial charge in [-0.25, -0.2) is 0 Å². The molecule has 0 spiro atoms. The minimum absolute atomic E-state index is 0.0194. The van der Waals surface area contributed by atoms with E-state index in [-0.39, 0.29) is 6.04 Å². The summed E-state index contributed by atoms with van der Waals surface area (Å²) >= 11 is 7.24. The fourth-order valence-corrected chi connectivity index (χ4v) is 4.93. The lowest BCUT2D eigenvalue weighted by atomic mass is 9.99. The van der Waals surface area contributed by atoms with Gasteiger partial charge in [0.05, 0.1) is 31.7 Å². The van der Waals surface area contributed by atoms with Gasteiger partial charge in [-0.1, -0.05) is 52.3 Å². The number of rotatable bonds is 6. The van der Waals surface area contributed by atoms with Crippen LogP contribution in [0.15, 0.2) is 86.9 Å². The van der Waals surface area contributed by atoms with E-state index >= 15 is 0 Å². The number of para-hydroxylation sites is 2. The number of benzene rings is 3. The van der Waals surface area contributed by atoms with Crippen molar-refractivity contribution >= 4 is 49.3 Å². The number of hydrogen-bond acceptors (Lipinski definition) is 4. The van der Waals surface area contributed by atoms with Crippen LogP contribution in [-0.2, 0) is 0 Å². The van der Waals surface area contributed by atoms with E-state index in [1.54, 1.807) is 14.2 Å². The molecule has 0 fully saturated rings. The third kappa shape index (κ3) is 4.70. The van der Waals surface area contributed by atoms with Crippen molar-refractivity contribution in [2.75, 3.05) is 19.2 Å². The van der Waals surface area contributed by atoms with E-state index in [1.165, 1.54) is 0 Å². The van der Waals surface area contributed by atoms with E-state index in [0.717, 1.165) is 49.4 Å². The van der Waals surface area contributed by atoms with Gasteiger partial charge < -0.3 is 9.47 Å². The van der Waals surface area contributed by atoms with Crippen molar-refractivity contribution in [2.45, 2.75) is 12.5 Å². The maximum absolute atomic E-state index is 5.65. The van der Waals surface area contributed by atoms with E-state index in [9.17, 15) is 0 Å². The zero-order valence-electron chi connectivity index (χ0n) is 17.3. The monoisotopic (exact) mass is 540 g/mol. The second-order valence-corrected chi connectivity index (χ2v) is 8.84. The summed E-state index contributed by atoms with van der Waals surface area (Å²) in [6.07, 6.45) is 4.87. The fourth-order valence-electron chi connectivity index (χ4n) is 3.70. The fraction of sp³-hybridized carbons (Fsp3) is 0.160. The third-order valence-corrected chi connectivity index (χ3v) is 6.31. The molecule has 0 aliphatic carbocycles. The van der Waals surface area contributed by atoms with E-state index in [2.05, 4.69) is 61.2 Å². The molecule has 0 unspecified atom stereocenters. The zero-order valence-corrected chi connectivity index (χ0v) is 20.4. The highest BCUT2D eigenvalue weighted by molar-refractivity contribution is 9.11. The van der Waals surface area contributed by atoms with Crippen LogP contribution in [0.2, 0.25) is 0 Å². The van der Waals surface area contributed by atoms with Crippen LogP contribution >= 0.6 is 31.9 Å². The van der Waals surface area contributed by atoms with Crippen LogP contribution in [0, 0.1) is 0 Å². The Labute approximate surface area is 199 Å². The molecule has 158 valence electrons. The van der Waals surface area contributed by atoms with Crippen LogP contribution in [0.1, 0.15) is 23.6 Å². The van der Waals surface area contributed by atoms with Crippen molar-refractivity contribution in [3.05, 3.63) is 92.9 Å². The first kappa shape index (κ1) is 21.7. The Kier molecular flexibility index (Phi) is 6.78. The highest BCUT2D eigenvalue weighted by Crippen LogP contribution is 2.42. The normalized spacial score (nSPS) is 15.9. The van der Waals surface area contributed by atoms with Gasteiger partial charge in [0.2, 0.25) is 0 Å². The summed E-state index contributed by atoms with van der Waals surface area (Å²) in [5.74, 6) is 1.70. The van der Waals surface area contributed by atoms with Gasteiger partial charge in [0, 0.05) is 26.5 Å². The molecule has 4 rings (SSSR count). The molecule has 1 atom stereocenters. The maximum Gasteiger partial charge on any atom is 0.126 e. The third-order valence-electron chi connectivity index (χ3n) is 5.18. The number of allylic oxidation sites excluding steroid dienone is 1.